The Bertz CT molecular complexity index is 2240. The molecule has 5 heterocycles. The molecule has 294 valence electrons. The molecule has 6 N–H and O–H groups in total. The van der Waals surface area contributed by atoms with Gasteiger partial charge in [-0.1, -0.05) is 12.1 Å². The van der Waals surface area contributed by atoms with Crippen molar-refractivity contribution >= 4 is 11.0 Å². The average molecular weight is 768 g/mol. The van der Waals surface area contributed by atoms with Gasteiger partial charge in [-0.25, -0.2) is 19.3 Å². The number of nitrogens with zero attached hydrogens (tertiary/aromatic N) is 5. The molecule has 2 fully saturated rings. The maximum Gasteiger partial charge on any atom is 0.216 e. The molecule has 9 rings (SSSR count). The van der Waals surface area contributed by atoms with Crippen LogP contribution in [0.5, 0.6) is 17.4 Å². The Morgan fingerprint density at radius 2 is 1.54 bits per heavy atom. The molecule has 56 heavy (non-hydrogen) atoms. The third-order valence-corrected chi connectivity index (χ3v) is 11.8. The normalized spacial score (nSPS) is 27.2. The molecule has 4 unspecified atom stereocenters. The molecule has 14 nitrogen and oxygen atoms in total. The zero-order valence-corrected chi connectivity index (χ0v) is 31.0. The number of halogens is 1. The maximum absolute atomic E-state index is 14.9. The fourth-order valence-electron chi connectivity index (χ4n) is 8.76. The Hall–Kier alpha value is -4.77. The topological polar surface area (TPSA) is 189 Å². The molecule has 8 atom stereocenters. The van der Waals surface area contributed by atoms with E-state index in [0.29, 0.717) is 79.4 Å². The number of ether oxygens (including phenoxy) is 3. The van der Waals surface area contributed by atoms with E-state index < -0.39 is 48.8 Å². The number of fused-ring (bicyclic) bond motifs is 3. The first kappa shape index (κ1) is 36.8. The molecule has 0 radical (unpaired) electrons. The largest absolute Gasteiger partial charge is 0.487 e. The molecule has 2 saturated carbocycles. The van der Waals surface area contributed by atoms with E-state index in [1.165, 1.54) is 11.9 Å². The number of aryl methyl sites for hydroxylation is 3. The molecule has 3 aromatic heterocycles. The molecule has 0 saturated heterocycles. The van der Waals surface area contributed by atoms with Crippen molar-refractivity contribution in [3.05, 3.63) is 100 Å². The van der Waals surface area contributed by atoms with Crippen LogP contribution in [-0.4, -0.2) is 101 Å². The number of rotatable bonds is 10. The van der Waals surface area contributed by atoms with Crippen molar-refractivity contribution in [2.75, 3.05) is 13.1 Å². The van der Waals surface area contributed by atoms with Crippen molar-refractivity contribution < 1.29 is 39.0 Å². The van der Waals surface area contributed by atoms with Gasteiger partial charge in [0.1, 0.15) is 77.8 Å². The molecule has 15 heteroatoms. The highest BCUT2D eigenvalue weighted by Crippen LogP contribution is 2.39. The lowest BCUT2D eigenvalue weighted by atomic mass is 9.96. The highest BCUT2D eigenvalue weighted by molar-refractivity contribution is 5.78. The fraction of sp³-hybridized carbons (Fsp3) is 0.463. The van der Waals surface area contributed by atoms with Gasteiger partial charge < -0.3 is 49.8 Å². The van der Waals surface area contributed by atoms with E-state index in [4.69, 9.17) is 14.2 Å². The Labute approximate surface area is 322 Å². The van der Waals surface area contributed by atoms with Crippen LogP contribution in [0.15, 0.2) is 55.1 Å². The molecular weight excluding hydrogens is 721 g/mol. The van der Waals surface area contributed by atoms with Gasteiger partial charge in [0.2, 0.25) is 5.88 Å². The third kappa shape index (κ3) is 6.86. The molecule has 2 aliphatic carbocycles. The van der Waals surface area contributed by atoms with Crippen LogP contribution >= 0.6 is 0 Å². The quantitative estimate of drug-likeness (QED) is 0.122. The van der Waals surface area contributed by atoms with Gasteiger partial charge in [0, 0.05) is 67.3 Å². The lowest BCUT2D eigenvalue weighted by Gasteiger charge is -2.25. The Balaban J connectivity index is 0.856. The minimum absolute atomic E-state index is 0.218. The van der Waals surface area contributed by atoms with Gasteiger partial charge in [-0.2, -0.15) is 4.98 Å². The number of aliphatic hydroxyl groups excluding tert-OH is 4. The number of hydrogen-bond acceptors (Lipinski definition) is 13. The lowest BCUT2D eigenvalue weighted by molar-refractivity contribution is -0.0321. The summed E-state index contributed by atoms with van der Waals surface area (Å²) in [5.41, 5.74) is 5.55. The van der Waals surface area contributed by atoms with Crippen LogP contribution in [0.3, 0.4) is 0 Å². The van der Waals surface area contributed by atoms with E-state index in [9.17, 15) is 24.8 Å². The summed E-state index contributed by atoms with van der Waals surface area (Å²) in [6.07, 6.45) is 1.22. The fourth-order valence-corrected chi connectivity index (χ4v) is 8.76. The predicted octanol–water partition coefficient (Wildman–Crippen LogP) is 2.18. The number of benzene rings is 2. The monoisotopic (exact) mass is 767 g/mol. The second kappa shape index (κ2) is 15.3. The number of aliphatic hydroxyl groups is 4. The van der Waals surface area contributed by atoms with Gasteiger partial charge in [0.25, 0.3) is 0 Å². The number of hydrogen-bond donors (Lipinski definition) is 6. The number of nitrogens with one attached hydrogen (secondary N) is 2. The Morgan fingerprint density at radius 3 is 2.39 bits per heavy atom. The highest BCUT2D eigenvalue weighted by Gasteiger charge is 2.46. The molecule has 0 spiro atoms. The number of aromatic nitrogens is 5. The predicted molar refractivity (Wildman–Crippen MR) is 201 cm³/mol. The van der Waals surface area contributed by atoms with E-state index in [2.05, 4.69) is 36.6 Å². The zero-order chi connectivity index (χ0) is 38.5. The van der Waals surface area contributed by atoms with Crippen molar-refractivity contribution in [2.24, 2.45) is 0 Å². The van der Waals surface area contributed by atoms with Crippen LogP contribution in [0.2, 0.25) is 0 Å². The van der Waals surface area contributed by atoms with Crippen LogP contribution in [0, 0.1) is 12.7 Å². The van der Waals surface area contributed by atoms with Crippen molar-refractivity contribution in [1.82, 2.24) is 35.1 Å². The third-order valence-electron chi connectivity index (χ3n) is 11.8. The minimum atomic E-state index is -1.17. The Morgan fingerprint density at radius 1 is 0.786 bits per heavy atom. The van der Waals surface area contributed by atoms with E-state index in [-0.39, 0.29) is 18.1 Å². The van der Waals surface area contributed by atoms with Gasteiger partial charge in [-0.15, -0.1) is 0 Å². The van der Waals surface area contributed by atoms with Gasteiger partial charge >= 0.3 is 0 Å². The van der Waals surface area contributed by atoms with Gasteiger partial charge in [-0.05, 0) is 74.2 Å². The maximum atomic E-state index is 14.9. The van der Waals surface area contributed by atoms with Crippen molar-refractivity contribution in [3.8, 4) is 17.4 Å². The minimum Gasteiger partial charge on any atom is -0.487 e. The summed E-state index contributed by atoms with van der Waals surface area (Å²) in [4.78, 5) is 18.1. The van der Waals surface area contributed by atoms with Gasteiger partial charge in [0.05, 0.1) is 11.7 Å². The lowest BCUT2D eigenvalue weighted by Crippen LogP contribution is -2.36. The summed E-state index contributed by atoms with van der Waals surface area (Å²) >= 11 is 0. The van der Waals surface area contributed by atoms with Crippen molar-refractivity contribution in [1.29, 1.82) is 0 Å². The van der Waals surface area contributed by atoms with Crippen LogP contribution in [-0.2, 0) is 38.8 Å². The summed E-state index contributed by atoms with van der Waals surface area (Å²) in [5, 5.41) is 51.6. The molecular formula is C41H46FN7O7. The second-order valence-electron chi connectivity index (χ2n) is 15.3. The summed E-state index contributed by atoms with van der Waals surface area (Å²) in [5.74, 6) is 1.80. The van der Waals surface area contributed by atoms with E-state index >= 15 is 0 Å². The highest BCUT2D eigenvalue weighted by atomic mass is 19.1. The smallest absolute Gasteiger partial charge is 0.216 e. The van der Waals surface area contributed by atoms with Gasteiger partial charge in [0.15, 0.2) is 0 Å². The van der Waals surface area contributed by atoms with Gasteiger partial charge in [-0.3, -0.25) is 0 Å². The summed E-state index contributed by atoms with van der Waals surface area (Å²) in [6, 6.07) is 10.6. The van der Waals surface area contributed by atoms with Crippen LogP contribution in [0.1, 0.15) is 58.2 Å². The standard InChI is InChI=1S/C41H46FN7O7/c1-21-15-30(26-19-44-12-8-23(26)36(21)42)55-31-16-28(37(50)38(31)51)49-14-10-24-27(46-20-47-41(24)49)5-6-34-45-13-9-35(48-34)56-33-17-32(39(52)40(33)53)54-29-4-2-3-22-7-11-43-18-25(22)29/h2-4,9-10,13-15,20,28,31-33,37-40,43-44,50-53H,5-8,11-12,16-19H2,1H3/t28?,31?,32?,33?,37-,38+,39+,40-/m0/s1. The van der Waals surface area contributed by atoms with Crippen molar-refractivity contribution in [3.63, 3.8) is 0 Å². The second-order valence-corrected chi connectivity index (χ2v) is 15.3. The summed E-state index contributed by atoms with van der Waals surface area (Å²) in [6.45, 7) is 4.46. The Kier molecular flexibility index (Phi) is 10.1. The molecule has 0 amide bonds. The first-order valence-electron chi connectivity index (χ1n) is 19.4. The molecule has 0 bridgehead atoms. The average Bonchev–Trinajstić information content (AvgIpc) is 3.85. The van der Waals surface area contributed by atoms with E-state index in [0.717, 1.165) is 35.2 Å². The molecule has 2 aromatic carbocycles. The van der Waals surface area contributed by atoms with Crippen molar-refractivity contribution in [2.45, 2.75) is 107 Å². The molecule has 5 aromatic rings. The summed E-state index contributed by atoms with van der Waals surface area (Å²) < 4.78 is 35.4. The zero-order valence-electron chi connectivity index (χ0n) is 31.0. The SMILES string of the molecule is Cc1cc(OC2CC(n3ccc4c(CCc5nccc(OC6CC(Oc7cccc8c7CNCC8)[C@@H](O)[C@H]6O)n5)ncnc43)[C@H](O)[C@@H]2O)c2c(c1F)CCNC2. The van der Waals surface area contributed by atoms with E-state index in [1.807, 2.05) is 29.0 Å². The first-order valence-corrected chi connectivity index (χ1v) is 19.4. The van der Waals surface area contributed by atoms with Crippen LogP contribution in [0.25, 0.3) is 11.0 Å². The summed E-state index contributed by atoms with van der Waals surface area (Å²) in [7, 11) is 0. The molecule has 2 aliphatic heterocycles. The van der Waals surface area contributed by atoms with Crippen LogP contribution < -0.4 is 24.8 Å². The first-order chi connectivity index (χ1) is 27.2. The molecule has 4 aliphatic rings. The van der Waals surface area contributed by atoms with Crippen LogP contribution in [0.4, 0.5) is 4.39 Å². The van der Waals surface area contributed by atoms with E-state index in [1.54, 1.807) is 25.3 Å².